The molecule has 5 heteroatoms. The van der Waals surface area contributed by atoms with E-state index in [-0.39, 0.29) is 5.15 Å². The topological polar surface area (TPSA) is 38.9 Å². The summed E-state index contributed by atoms with van der Waals surface area (Å²) in [6.07, 6.45) is 1.42. The molecular formula is C11H7ClF2N2. The Morgan fingerprint density at radius 3 is 2.50 bits per heavy atom. The number of nitrogens with two attached hydrogens (primary N) is 1. The zero-order valence-electron chi connectivity index (χ0n) is 8.05. The lowest BCUT2D eigenvalue weighted by atomic mass is 10.1. The van der Waals surface area contributed by atoms with Crippen molar-refractivity contribution in [2.45, 2.75) is 0 Å². The van der Waals surface area contributed by atoms with Crippen molar-refractivity contribution >= 4 is 17.3 Å². The molecule has 2 aromatic rings. The second-order valence-corrected chi connectivity index (χ2v) is 3.61. The minimum atomic E-state index is -0.924. The minimum absolute atomic E-state index is 0.254. The van der Waals surface area contributed by atoms with E-state index >= 15 is 0 Å². The van der Waals surface area contributed by atoms with Gasteiger partial charge in [0.15, 0.2) is 11.6 Å². The maximum Gasteiger partial charge on any atom is 0.159 e. The lowest BCUT2D eigenvalue weighted by Gasteiger charge is -2.05. The second-order valence-electron chi connectivity index (χ2n) is 3.22. The highest BCUT2D eigenvalue weighted by molar-refractivity contribution is 6.29. The zero-order chi connectivity index (χ0) is 11.7. The molecule has 0 bridgehead atoms. The van der Waals surface area contributed by atoms with Gasteiger partial charge < -0.3 is 5.73 Å². The van der Waals surface area contributed by atoms with Crippen molar-refractivity contribution in [2.75, 3.05) is 5.73 Å². The number of hydrogen-bond donors (Lipinski definition) is 1. The van der Waals surface area contributed by atoms with Crippen LogP contribution in [0, 0.1) is 11.6 Å². The van der Waals surface area contributed by atoms with Gasteiger partial charge in [-0.15, -0.1) is 0 Å². The molecule has 0 saturated carbocycles. The number of nitrogen functional groups attached to an aromatic ring is 1. The maximum atomic E-state index is 13.0. The van der Waals surface area contributed by atoms with Crippen molar-refractivity contribution in [2.24, 2.45) is 0 Å². The van der Waals surface area contributed by atoms with Crippen LogP contribution in [0.2, 0.25) is 5.15 Å². The molecule has 1 heterocycles. The highest BCUT2D eigenvalue weighted by Gasteiger charge is 2.07. The van der Waals surface area contributed by atoms with E-state index in [0.717, 1.165) is 12.1 Å². The van der Waals surface area contributed by atoms with E-state index in [4.69, 9.17) is 17.3 Å². The first-order chi connectivity index (χ1) is 7.58. The first-order valence-corrected chi connectivity index (χ1v) is 4.82. The summed E-state index contributed by atoms with van der Waals surface area (Å²) in [5, 5.41) is 0.254. The molecule has 2 N–H and O–H groups in total. The molecular weight excluding hydrogens is 234 g/mol. The summed E-state index contributed by atoms with van der Waals surface area (Å²) in [5.74, 6) is -1.82. The summed E-state index contributed by atoms with van der Waals surface area (Å²) >= 11 is 5.64. The molecule has 0 aliphatic carbocycles. The van der Waals surface area contributed by atoms with Crippen LogP contribution in [-0.4, -0.2) is 4.98 Å². The average Bonchev–Trinajstić information content (AvgIpc) is 2.22. The standard InChI is InChI=1S/C11H7ClF2N2/c12-11-4-10(15)7(5-16-11)6-1-2-8(13)9(14)3-6/h1-5H,(H2,15,16). The largest absolute Gasteiger partial charge is 0.398 e. The summed E-state index contributed by atoms with van der Waals surface area (Å²) in [5.41, 5.74) is 7.04. The van der Waals surface area contributed by atoms with Gasteiger partial charge in [0.2, 0.25) is 0 Å². The van der Waals surface area contributed by atoms with Crippen LogP contribution in [0.4, 0.5) is 14.5 Å². The van der Waals surface area contributed by atoms with Gasteiger partial charge in [-0.1, -0.05) is 17.7 Å². The molecule has 0 atom stereocenters. The number of anilines is 1. The fraction of sp³-hybridized carbons (Fsp3) is 0. The highest BCUT2D eigenvalue weighted by Crippen LogP contribution is 2.27. The summed E-state index contributed by atoms with van der Waals surface area (Å²) in [4.78, 5) is 3.84. The number of benzene rings is 1. The fourth-order valence-electron chi connectivity index (χ4n) is 1.35. The van der Waals surface area contributed by atoms with Crippen molar-refractivity contribution in [1.82, 2.24) is 4.98 Å². The van der Waals surface area contributed by atoms with E-state index in [2.05, 4.69) is 4.98 Å². The predicted octanol–water partition coefficient (Wildman–Crippen LogP) is 3.26. The van der Waals surface area contributed by atoms with Gasteiger partial charge in [0.25, 0.3) is 0 Å². The third-order valence-corrected chi connectivity index (χ3v) is 2.34. The summed E-state index contributed by atoms with van der Waals surface area (Å²) in [7, 11) is 0. The van der Waals surface area contributed by atoms with Crippen molar-refractivity contribution in [1.29, 1.82) is 0 Å². The van der Waals surface area contributed by atoms with Crippen LogP contribution in [0.3, 0.4) is 0 Å². The van der Waals surface area contributed by atoms with Gasteiger partial charge in [0.1, 0.15) is 5.15 Å². The average molecular weight is 241 g/mol. The Labute approximate surface area is 95.7 Å². The monoisotopic (exact) mass is 240 g/mol. The third kappa shape index (κ3) is 1.97. The minimum Gasteiger partial charge on any atom is -0.398 e. The normalized spacial score (nSPS) is 10.4. The Hall–Kier alpha value is -1.68. The number of rotatable bonds is 1. The van der Waals surface area contributed by atoms with E-state index < -0.39 is 11.6 Å². The molecule has 2 nitrogen and oxygen atoms in total. The van der Waals surface area contributed by atoms with E-state index in [9.17, 15) is 8.78 Å². The molecule has 2 rings (SSSR count). The quantitative estimate of drug-likeness (QED) is 0.777. The number of nitrogens with zero attached hydrogens (tertiary/aromatic N) is 1. The number of halogens is 3. The van der Waals surface area contributed by atoms with Crippen LogP contribution in [0.1, 0.15) is 0 Å². The van der Waals surface area contributed by atoms with Gasteiger partial charge in [0.05, 0.1) is 0 Å². The van der Waals surface area contributed by atoms with Crippen molar-refractivity contribution in [3.63, 3.8) is 0 Å². The van der Waals surface area contributed by atoms with Crippen LogP contribution < -0.4 is 5.73 Å². The molecule has 1 aromatic heterocycles. The Morgan fingerprint density at radius 1 is 1.12 bits per heavy atom. The Bertz CT molecular complexity index is 544. The van der Waals surface area contributed by atoms with Crippen LogP contribution >= 0.6 is 11.6 Å². The summed E-state index contributed by atoms with van der Waals surface area (Å²) in [6.45, 7) is 0. The van der Waals surface area contributed by atoms with Crippen LogP contribution in [0.15, 0.2) is 30.5 Å². The predicted molar refractivity (Wildman–Crippen MR) is 59.0 cm³/mol. The summed E-state index contributed by atoms with van der Waals surface area (Å²) < 4.78 is 25.7. The molecule has 0 amide bonds. The van der Waals surface area contributed by atoms with Gasteiger partial charge >= 0.3 is 0 Å². The Morgan fingerprint density at radius 2 is 1.88 bits per heavy atom. The first kappa shape index (κ1) is 10.8. The molecule has 0 aliphatic rings. The molecule has 82 valence electrons. The molecule has 0 radical (unpaired) electrons. The van der Waals surface area contributed by atoms with E-state index in [0.29, 0.717) is 16.8 Å². The number of aromatic nitrogens is 1. The SMILES string of the molecule is Nc1cc(Cl)ncc1-c1ccc(F)c(F)c1. The highest BCUT2D eigenvalue weighted by atomic mass is 35.5. The van der Waals surface area contributed by atoms with Crippen molar-refractivity contribution in [3.8, 4) is 11.1 Å². The molecule has 0 spiro atoms. The molecule has 0 unspecified atom stereocenters. The van der Waals surface area contributed by atoms with Gasteiger partial charge in [-0.05, 0) is 23.8 Å². The molecule has 16 heavy (non-hydrogen) atoms. The molecule has 0 aliphatic heterocycles. The first-order valence-electron chi connectivity index (χ1n) is 4.44. The lowest BCUT2D eigenvalue weighted by molar-refractivity contribution is 0.509. The van der Waals surface area contributed by atoms with Crippen LogP contribution in [0.5, 0.6) is 0 Å². The van der Waals surface area contributed by atoms with Gasteiger partial charge in [-0.25, -0.2) is 13.8 Å². The Kier molecular flexibility index (Phi) is 2.75. The van der Waals surface area contributed by atoms with Crippen molar-refractivity contribution < 1.29 is 8.78 Å². The molecule has 1 aromatic carbocycles. The van der Waals surface area contributed by atoms with Gasteiger partial charge in [-0.2, -0.15) is 0 Å². The zero-order valence-corrected chi connectivity index (χ0v) is 8.80. The smallest absolute Gasteiger partial charge is 0.159 e. The summed E-state index contributed by atoms with van der Waals surface area (Å²) in [6, 6.07) is 4.99. The molecule has 0 fully saturated rings. The van der Waals surface area contributed by atoms with Gasteiger partial charge in [-0.3, -0.25) is 0 Å². The second kappa shape index (κ2) is 4.06. The van der Waals surface area contributed by atoms with Gasteiger partial charge in [0, 0.05) is 17.4 Å². The van der Waals surface area contributed by atoms with E-state index in [1.807, 2.05) is 0 Å². The number of pyridine rings is 1. The Balaban J connectivity index is 2.54. The van der Waals surface area contributed by atoms with E-state index in [1.165, 1.54) is 18.3 Å². The fourth-order valence-corrected chi connectivity index (χ4v) is 1.52. The lowest BCUT2D eigenvalue weighted by Crippen LogP contribution is -1.93. The van der Waals surface area contributed by atoms with Crippen LogP contribution in [0.25, 0.3) is 11.1 Å². The van der Waals surface area contributed by atoms with E-state index in [1.54, 1.807) is 0 Å². The third-order valence-electron chi connectivity index (χ3n) is 2.13. The van der Waals surface area contributed by atoms with Crippen LogP contribution in [-0.2, 0) is 0 Å². The number of hydrogen-bond acceptors (Lipinski definition) is 2. The molecule has 0 saturated heterocycles. The van der Waals surface area contributed by atoms with Crippen molar-refractivity contribution in [3.05, 3.63) is 47.2 Å². The maximum absolute atomic E-state index is 13.0.